The lowest BCUT2D eigenvalue weighted by Crippen LogP contribution is -2.63. The third kappa shape index (κ3) is 6.27. The fourth-order valence-corrected chi connectivity index (χ4v) is 5.79. The fourth-order valence-electron chi connectivity index (χ4n) is 5.79. The predicted molar refractivity (Wildman–Crippen MR) is 139 cm³/mol. The van der Waals surface area contributed by atoms with Crippen LogP contribution in [0.1, 0.15) is 58.1 Å². The third-order valence-corrected chi connectivity index (χ3v) is 7.68. The molecule has 2 fully saturated rings. The molecule has 210 valence electrons. The van der Waals surface area contributed by atoms with Gasteiger partial charge >= 0.3 is 0 Å². The highest BCUT2D eigenvalue weighted by Crippen LogP contribution is 2.34. The molecule has 1 aromatic rings. The van der Waals surface area contributed by atoms with Crippen LogP contribution in [0.2, 0.25) is 0 Å². The Balaban J connectivity index is 1.53. The molecule has 38 heavy (non-hydrogen) atoms. The maximum absolute atomic E-state index is 13.9. The lowest BCUT2D eigenvalue weighted by molar-refractivity contribution is -0.147. The largest absolute Gasteiger partial charge is 0.493 e. The van der Waals surface area contributed by atoms with Crippen LogP contribution in [0.25, 0.3) is 0 Å². The molecule has 10 nitrogen and oxygen atoms in total. The summed E-state index contributed by atoms with van der Waals surface area (Å²) in [6.45, 7) is 5.20. The summed E-state index contributed by atoms with van der Waals surface area (Å²) in [4.78, 5) is 42.7. The Morgan fingerprint density at radius 2 is 1.89 bits per heavy atom. The minimum atomic E-state index is -1.15. The monoisotopic (exact) mass is 533 g/mol. The van der Waals surface area contributed by atoms with Gasteiger partial charge in [0.05, 0.1) is 12.6 Å². The van der Waals surface area contributed by atoms with E-state index in [0.29, 0.717) is 32.3 Å². The molecule has 1 aromatic carbocycles. The number of fused-ring (bicyclic) bond motifs is 2. The lowest BCUT2D eigenvalue weighted by atomic mass is 10.00. The number of alkyl halides is 1. The zero-order chi connectivity index (χ0) is 27.4. The number of nitrogens with zero attached hydrogens (tertiary/aromatic N) is 2. The first-order chi connectivity index (χ1) is 18.2. The second-order valence-corrected chi connectivity index (χ2v) is 10.8. The summed E-state index contributed by atoms with van der Waals surface area (Å²) < 4.78 is 19.0. The van der Waals surface area contributed by atoms with Crippen LogP contribution >= 0.6 is 0 Å². The third-order valence-electron chi connectivity index (χ3n) is 7.68. The van der Waals surface area contributed by atoms with E-state index in [4.69, 9.17) is 4.74 Å². The SMILES string of the molecule is CC(C)N[C@@H](C)C(O)N[C@H]1CN(C(=O)CF)CC[C@H]2CC[C@@H](C(=O)N[C@@H]3CCOc4ccccc43)N2C1=O. The van der Waals surface area contributed by atoms with Crippen molar-refractivity contribution in [2.45, 2.75) is 88.9 Å². The molecule has 1 unspecified atom stereocenters. The standard InChI is InChI=1S/C27H40FN5O5/c1-16(2)29-17(3)25(35)31-21-15-32(24(34)14-28)12-10-18-8-9-22(33(18)27(21)37)26(36)30-20-11-13-38-23-7-5-4-6-19(20)23/h4-7,16-18,20-22,25,29,31,35H,8-15H2,1-3H3,(H,30,36)/t17-,18+,20+,21-,22-,25?/m0/s1. The van der Waals surface area contributed by atoms with E-state index in [1.165, 1.54) is 4.90 Å². The molecule has 0 aromatic heterocycles. The summed E-state index contributed by atoms with van der Waals surface area (Å²) in [5, 5.41) is 20.1. The Kier molecular flexibility index (Phi) is 9.22. The molecule has 0 saturated carbocycles. The zero-order valence-electron chi connectivity index (χ0n) is 22.4. The van der Waals surface area contributed by atoms with Gasteiger partial charge in [0.1, 0.15) is 24.1 Å². The Labute approximate surface area is 223 Å². The van der Waals surface area contributed by atoms with E-state index in [9.17, 15) is 23.9 Å². The van der Waals surface area contributed by atoms with Crippen molar-refractivity contribution in [1.82, 2.24) is 25.8 Å². The Morgan fingerprint density at radius 3 is 2.63 bits per heavy atom. The number of benzene rings is 1. The van der Waals surface area contributed by atoms with Crippen molar-refractivity contribution >= 4 is 17.7 Å². The number of amides is 3. The minimum Gasteiger partial charge on any atom is -0.493 e. The van der Waals surface area contributed by atoms with Gasteiger partial charge in [0.2, 0.25) is 11.8 Å². The minimum absolute atomic E-state index is 0.0854. The Hall–Kier alpha value is -2.76. The van der Waals surface area contributed by atoms with E-state index >= 15 is 0 Å². The number of carbonyl (C=O) groups excluding carboxylic acids is 3. The average molecular weight is 534 g/mol. The molecule has 4 N–H and O–H groups in total. The van der Waals surface area contributed by atoms with Crippen molar-refractivity contribution in [1.29, 1.82) is 0 Å². The van der Waals surface area contributed by atoms with Crippen molar-refractivity contribution < 1.29 is 28.6 Å². The van der Waals surface area contributed by atoms with Crippen molar-refractivity contribution in [3.8, 4) is 5.75 Å². The maximum Gasteiger partial charge on any atom is 0.254 e. The molecule has 3 amide bonds. The van der Waals surface area contributed by atoms with Crippen LogP contribution < -0.4 is 20.7 Å². The highest BCUT2D eigenvalue weighted by Gasteiger charge is 2.46. The summed E-state index contributed by atoms with van der Waals surface area (Å²) in [5.74, 6) is -0.539. The van der Waals surface area contributed by atoms with Crippen LogP contribution in [-0.4, -0.2) is 95.4 Å². The van der Waals surface area contributed by atoms with Crippen LogP contribution in [0, 0.1) is 0 Å². The second kappa shape index (κ2) is 12.4. The molecule has 0 radical (unpaired) electrons. The normalized spacial score (nSPS) is 27.1. The quantitative estimate of drug-likeness (QED) is 0.366. The summed E-state index contributed by atoms with van der Waals surface area (Å²) in [7, 11) is 0. The summed E-state index contributed by atoms with van der Waals surface area (Å²) in [6.07, 6.45) is 1.09. The van der Waals surface area contributed by atoms with Crippen molar-refractivity contribution in [2.24, 2.45) is 0 Å². The molecule has 0 aliphatic carbocycles. The van der Waals surface area contributed by atoms with Gasteiger partial charge in [-0.1, -0.05) is 32.0 Å². The molecule has 3 aliphatic heterocycles. The number of nitrogens with one attached hydrogen (secondary N) is 3. The van der Waals surface area contributed by atoms with Gasteiger partial charge in [-0.15, -0.1) is 0 Å². The first kappa shape index (κ1) is 28.3. The number of hydrogen-bond acceptors (Lipinski definition) is 7. The van der Waals surface area contributed by atoms with Crippen LogP contribution in [0.15, 0.2) is 24.3 Å². The Morgan fingerprint density at radius 1 is 1.13 bits per heavy atom. The molecule has 3 heterocycles. The number of carbonyl (C=O) groups is 3. The predicted octanol–water partition coefficient (Wildman–Crippen LogP) is 0.851. The van der Waals surface area contributed by atoms with E-state index in [-0.39, 0.29) is 49.1 Å². The van der Waals surface area contributed by atoms with E-state index in [1.54, 1.807) is 11.8 Å². The van der Waals surface area contributed by atoms with Gasteiger partial charge in [-0.2, -0.15) is 0 Å². The lowest BCUT2D eigenvalue weighted by Gasteiger charge is -2.40. The van der Waals surface area contributed by atoms with Crippen molar-refractivity contribution in [2.75, 3.05) is 26.4 Å². The number of ether oxygens (including phenoxy) is 1. The van der Waals surface area contributed by atoms with Crippen molar-refractivity contribution in [3.63, 3.8) is 0 Å². The highest BCUT2D eigenvalue weighted by molar-refractivity contribution is 5.91. The molecule has 4 rings (SSSR count). The summed E-state index contributed by atoms with van der Waals surface area (Å²) in [6, 6.07) is 5.18. The Bertz CT molecular complexity index is 1010. The second-order valence-electron chi connectivity index (χ2n) is 10.8. The van der Waals surface area contributed by atoms with E-state index in [0.717, 1.165) is 11.3 Å². The number of hydrogen-bond donors (Lipinski definition) is 4. The molecule has 0 spiro atoms. The topological polar surface area (TPSA) is 123 Å². The van der Waals surface area contributed by atoms with Gasteiger partial charge < -0.3 is 30.3 Å². The first-order valence-electron chi connectivity index (χ1n) is 13.6. The van der Waals surface area contributed by atoms with Crippen LogP contribution in [0.5, 0.6) is 5.75 Å². The molecule has 0 bridgehead atoms. The number of halogens is 1. The number of aliphatic hydroxyl groups excluding tert-OH is 1. The van der Waals surface area contributed by atoms with Crippen LogP contribution in [0.3, 0.4) is 0 Å². The molecule has 6 atom stereocenters. The maximum atomic E-state index is 13.9. The smallest absolute Gasteiger partial charge is 0.254 e. The number of aliphatic hydroxyl groups is 1. The van der Waals surface area contributed by atoms with Gasteiger partial charge in [0.15, 0.2) is 6.67 Å². The number of para-hydroxylation sites is 1. The highest BCUT2D eigenvalue weighted by atomic mass is 19.1. The molecule has 2 saturated heterocycles. The summed E-state index contributed by atoms with van der Waals surface area (Å²) in [5.41, 5.74) is 0.912. The summed E-state index contributed by atoms with van der Waals surface area (Å²) >= 11 is 0. The fraction of sp³-hybridized carbons (Fsp3) is 0.667. The van der Waals surface area contributed by atoms with Crippen molar-refractivity contribution in [3.05, 3.63) is 29.8 Å². The molecule has 3 aliphatic rings. The van der Waals surface area contributed by atoms with Crippen LogP contribution in [-0.2, 0) is 14.4 Å². The van der Waals surface area contributed by atoms with E-state index in [1.807, 2.05) is 38.1 Å². The van der Waals surface area contributed by atoms with Gasteiger partial charge in [-0.3, -0.25) is 19.7 Å². The van der Waals surface area contributed by atoms with Gasteiger partial charge in [-0.05, 0) is 32.3 Å². The molecular weight excluding hydrogens is 493 g/mol. The van der Waals surface area contributed by atoms with E-state index < -0.39 is 30.9 Å². The van der Waals surface area contributed by atoms with Gasteiger partial charge in [0.25, 0.3) is 5.91 Å². The molecular formula is C27H40FN5O5. The van der Waals surface area contributed by atoms with Gasteiger partial charge in [0, 0.05) is 43.2 Å². The molecule has 11 heteroatoms. The zero-order valence-corrected chi connectivity index (χ0v) is 22.4. The number of rotatable bonds is 8. The van der Waals surface area contributed by atoms with Crippen LogP contribution in [0.4, 0.5) is 4.39 Å². The van der Waals surface area contributed by atoms with E-state index in [2.05, 4.69) is 16.0 Å². The van der Waals surface area contributed by atoms with Gasteiger partial charge in [-0.25, -0.2) is 4.39 Å². The average Bonchev–Trinajstić information content (AvgIpc) is 3.32. The first-order valence-corrected chi connectivity index (χ1v) is 13.6.